The van der Waals surface area contributed by atoms with Gasteiger partial charge in [0, 0.05) is 16.5 Å². The average molecular weight is 344 g/mol. The molecule has 0 unspecified atom stereocenters. The molecule has 128 valence electrons. The lowest BCUT2D eigenvalue weighted by molar-refractivity contribution is 0.835. The molecule has 0 aliphatic carbocycles. The fraction of sp³-hybridized carbons (Fsp3) is 0.0526. The molecule has 4 rings (SSSR count). The third kappa shape index (κ3) is 2.86. The Morgan fingerprint density at radius 1 is 1.12 bits per heavy atom. The van der Waals surface area contributed by atoms with Crippen molar-refractivity contribution >= 4 is 22.8 Å². The average Bonchev–Trinajstić information content (AvgIpc) is 2.97. The number of benzene rings is 2. The van der Waals surface area contributed by atoms with Crippen LogP contribution in [0.4, 0.5) is 5.82 Å². The van der Waals surface area contributed by atoms with Gasteiger partial charge in [0.2, 0.25) is 0 Å². The number of para-hydroxylation sites is 1. The van der Waals surface area contributed by atoms with Gasteiger partial charge in [0.05, 0.1) is 23.7 Å². The van der Waals surface area contributed by atoms with Crippen LogP contribution in [0.1, 0.15) is 11.3 Å². The van der Waals surface area contributed by atoms with E-state index in [-0.39, 0.29) is 5.56 Å². The highest BCUT2D eigenvalue weighted by molar-refractivity contribution is 5.91. The Hall–Kier alpha value is -3.74. The van der Waals surface area contributed by atoms with Crippen LogP contribution in [-0.2, 0) is 0 Å². The first kappa shape index (κ1) is 15.8. The molecule has 0 fully saturated rings. The zero-order valence-corrected chi connectivity index (χ0v) is 14.0. The van der Waals surface area contributed by atoms with E-state index >= 15 is 0 Å². The number of H-pyrrole nitrogens is 1. The quantitative estimate of drug-likeness (QED) is 0.440. The van der Waals surface area contributed by atoms with E-state index in [1.54, 1.807) is 6.20 Å². The lowest BCUT2D eigenvalue weighted by Crippen LogP contribution is -2.17. The summed E-state index contributed by atoms with van der Waals surface area (Å²) in [6.07, 6.45) is 3.19. The van der Waals surface area contributed by atoms with Crippen molar-refractivity contribution in [1.29, 1.82) is 0 Å². The number of rotatable bonds is 4. The van der Waals surface area contributed by atoms with Crippen LogP contribution in [0.5, 0.6) is 0 Å². The van der Waals surface area contributed by atoms with Crippen molar-refractivity contribution in [2.45, 2.75) is 6.92 Å². The minimum atomic E-state index is -0.164. The molecule has 26 heavy (non-hydrogen) atoms. The summed E-state index contributed by atoms with van der Waals surface area (Å²) in [6.45, 7) is 1.83. The second-order valence-corrected chi connectivity index (χ2v) is 5.78. The smallest absolute Gasteiger partial charge is 0.280 e. The second kappa shape index (κ2) is 6.64. The molecule has 7 heteroatoms. The standard InChI is InChI=1S/C19H16N6O/c1-13-17(19(26)25(24-13)15-8-3-2-4-9-15)12-21-23-18-16-10-6-5-7-14(16)11-20-22-18/h2-12,24H,1H3,(H,22,23). The first-order chi connectivity index (χ1) is 12.7. The van der Waals surface area contributed by atoms with Crippen LogP contribution < -0.4 is 11.0 Å². The molecular formula is C19H16N6O. The third-order valence-electron chi connectivity index (χ3n) is 4.07. The van der Waals surface area contributed by atoms with Crippen LogP contribution in [-0.4, -0.2) is 26.2 Å². The predicted molar refractivity (Wildman–Crippen MR) is 102 cm³/mol. The zero-order chi connectivity index (χ0) is 17.9. The molecule has 0 spiro atoms. The van der Waals surface area contributed by atoms with Gasteiger partial charge in [-0.2, -0.15) is 10.2 Å². The summed E-state index contributed by atoms with van der Waals surface area (Å²) < 4.78 is 1.49. The van der Waals surface area contributed by atoms with Crippen molar-refractivity contribution in [2.75, 3.05) is 5.43 Å². The van der Waals surface area contributed by atoms with E-state index in [1.807, 2.05) is 61.5 Å². The first-order valence-electron chi connectivity index (χ1n) is 8.10. The Kier molecular flexibility index (Phi) is 4.03. The topological polar surface area (TPSA) is 88.0 Å². The highest BCUT2D eigenvalue weighted by Crippen LogP contribution is 2.18. The molecule has 4 aromatic rings. The summed E-state index contributed by atoms with van der Waals surface area (Å²) in [6, 6.07) is 17.1. The van der Waals surface area contributed by atoms with Gasteiger partial charge in [0.1, 0.15) is 0 Å². The van der Waals surface area contributed by atoms with Crippen LogP contribution in [0.2, 0.25) is 0 Å². The molecule has 0 saturated heterocycles. The number of nitrogens with one attached hydrogen (secondary N) is 2. The van der Waals surface area contributed by atoms with Gasteiger partial charge >= 0.3 is 0 Å². The maximum absolute atomic E-state index is 12.6. The lowest BCUT2D eigenvalue weighted by atomic mass is 10.2. The van der Waals surface area contributed by atoms with Gasteiger partial charge < -0.3 is 0 Å². The molecule has 0 radical (unpaired) electrons. The lowest BCUT2D eigenvalue weighted by Gasteiger charge is -2.02. The Morgan fingerprint density at radius 2 is 1.88 bits per heavy atom. The largest absolute Gasteiger partial charge is 0.295 e. The maximum atomic E-state index is 12.6. The van der Waals surface area contributed by atoms with Gasteiger partial charge in [-0.05, 0) is 19.1 Å². The molecule has 0 saturated carbocycles. The highest BCUT2D eigenvalue weighted by Gasteiger charge is 2.10. The summed E-state index contributed by atoms with van der Waals surface area (Å²) in [5, 5.41) is 17.1. The van der Waals surface area contributed by atoms with Crippen LogP contribution in [0.25, 0.3) is 16.5 Å². The second-order valence-electron chi connectivity index (χ2n) is 5.78. The molecule has 2 aromatic carbocycles. The molecule has 7 nitrogen and oxygen atoms in total. The van der Waals surface area contributed by atoms with Crippen LogP contribution in [0.15, 0.2) is 70.7 Å². The van der Waals surface area contributed by atoms with Gasteiger partial charge in [0.25, 0.3) is 5.56 Å². The normalized spacial score (nSPS) is 11.3. The fourth-order valence-electron chi connectivity index (χ4n) is 2.74. The summed E-state index contributed by atoms with van der Waals surface area (Å²) in [5.74, 6) is 0.538. The Morgan fingerprint density at radius 3 is 2.73 bits per heavy atom. The number of aryl methyl sites for hydroxylation is 1. The molecule has 0 aliphatic rings. The SMILES string of the molecule is Cc1[nH]n(-c2ccccc2)c(=O)c1C=NNc1nncc2ccccc12. The number of aromatic amines is 1. The van der Waals surface area contributed by atoms with Crippen molar-refractivity contribution in [3.05, 3.63) is 82.4 Å². The van der Waals surface area contributed by atoms with E-state index in [9.17, 15) is 4.79 Å². The monoisotopic (exact) mass is 344 g/mol. The van der Waals surface area contributed by atoms with Gasteiger partial charge in [0.15, 0.2) is 5.82 Å². The van der Waals surface area contributed by atoms with Crippen LogP contribution in [0.3, 0.4) is 0 Å². The van der Waals surface area contributed by atoms with E-state index < -0.39 is 0 Å². The maximum Gasteiger partial charge on any atom is 0.280 e. The highest BCUT2D eigenvalue weighted by atomic mass is 16.1. The summed E-state index contributed by atoms with van der Waals surface area (Å²) in [5.41, 5.74) is 4.69. The van der Waals surface area contributed by atoms with E-state index in [0.717, 1.165) is 22.2 Å². The van der Waals surface area contributed by atoms with Crippen molar-refractivity contribution in [2.24, 2.45) is 5.10 Å². The molecule has 2 N–H and O–H groups in total. The van der Waals surface area contributed by atoms with Crippen LogP contribution in [0, 0.1) is 6.92 Å². The number of anilines is 1. The van der Waals surface area contributed by atoms with Crippen LogP contribution >= 0.6 is 0 Å². The minimum absolute atomic E-state index is 0.164. The number of hydrogen-bond acceptors (Lipinski definition) is 5. The molecule has 2 heterocycles. The van der Waals surface area contributed by atoms with Crippen molar-refractivity contribution in [3.8, 4) is 5.69 Å². The van der Waals surface area contributed by atoms with E-state index in [0.29, 0.717) is 11.4 Å². The van der Waals surface area contributed by atoms with E-state index in [4.69, 9.17) is 0 Å². The van der Waals surface area contributed by atoms with Crippen molar-refractivity contribution in [1.82, 2.24) is 20.0 Å². The zero-order valence-electron chi connectivity index (χ0n) is 14.0. The molecule has 0 bridgehead atoms. The number of hydrazone groups is 1. The first-order valence-corrected chi connectivity index (χ1v) is 8.10. The van der Waals surface area contributed by atoms with Crippen molar-refractivity contribution in [3.63, 3.8) is 0 Å². The number of nitrogens with zero attached hydrogens (tertiary/aromatic N) is 4. The summed E-state index contributed by atoms with van der Waals surface area (Å²) >= 11 is 0. The Bertz CT molecular complexity index is 1140. The van der Waals surface area contributed by atoms with Gasteiger partial charge in [-0.25, -0.2) is 4.68 Å². The number of fused-ring (bicyclic) bond motifs is 1. The number of hydrogen-bond donors (Lipinski definition) is 2. The fourth-order valence-corrected chi connectivity index (χ4v) is 2.74. The predicted octanol–water partition coefficient (Wildman–Crippen LogP) is 2.86. The number of aromatic nitrogens is 4. The molecular weight excluding hydrogens is 328 g/mol. The minimum Gasteiger partial charge on any atom is -0.295 e. The third-order valence-corrected chi connectivity index (χ3v) is 4.07. The van der Waals surface area contributed by atoms with Gasteiger partial charge in [-0.15, -0.1) is 5.10 Å². The molecule has 0 aliphatic heterocycles. The van der Waals surface area contributed by atoms with E-state index in [2.05, 4.69) is 25.8 Å². The Balaban J connectivity index is 1.64. The van der Waals surface area contributed by atoms with Gasteiger partial charge in [-0.1, -0.05) is 42.5 Å². The van der Waals surface area contributed by atoms with Gasteiger partial charge in [-0.3, -0.25) is 15.3 Å². The Labute approximate surface area is 149 Å². The molecule has 2 aromatic heterocycles. The van der Waals surface area contributed by atoms with E-state index in [1.165, 1.54) is 10.9 Å². The molecule has 0 amide bonds. The summed E-state index contributed by atoms with van der Waals surface area (Å²) in [7, 11) is 0. The molecule has 0 atom stereocenters. The van der Waals surface area contributed by atoms with Crippen molar-refractivity contribution < 1.29 is 0 Å². The summed E-state index contributed by atoms with van der Waals surface area (Å²) in [4.78, 5) is 12.6.